The lowest BCUT2D eigenvalue weighted by atomic mass is 10.2. The molecular weight excluding hydrogens is 476 g/mol. The number of nitrogens with one attached hydrogen (secondary N) is 2. The van der Waals surface area contributed by atoms with E-state index in [1.54, 1.807) is 16.7 Å². The third-order valence-electron chi connectivity index (χ3n) is 4.66. The summed E-state index contributed by atoms with van der Waals surface area (Å²) in [5.41, 5.74) is 5.52. The molecule has 0 spiro atoms. The van der Waals surface area contributed by atoms with Crippen LogP contribution < -0.4 is 15.6 Å². The molecule has 0 saturated heterocycles. The van der Waals surface area contributed by atoms with Crippen LogP contribution in [0.2, 0.25) is 0 Å². The van der Waals surface area contributed by atoms with E-state index < -0.39 is 23.4 Å². The smallest absolute Gasteiger partial charge is 0.269 e. The zero-order valence-electron chi connectivity index (χ0n) is 18.2. The maximum atomic E-state index is 13.9. The fraction of sp³-hybridized carbons (Fsp3) is 0.0833. The van der Waals surface area contributed by atoms with E-state index in [-0.39, 0.29) is 23.7 Å². The van der Waals surface area contributed by atoms with Gasteiger partial charge in [-0.1, -0.05) is 42.1 Å². The van der Waals surface area contributed by atoms with Crippen molar-refractivity contribution in [2.45, 2.75) is 11.8 Å². The lowest BCUT2D eigenvalue weighted by Gasteiger charge is -2.11. The molecular formula is C24H19F2N5O3S. The first-order valence-electron chi connectivity index (χ1n) is 10.4. The number of rotatable bonds is 8. The van der Waals surface area contributed by atoms with Crippen molar-refractivity contribution in [1.82, 2.24) is 25.6 Å². The molecule has 0 radical (unpaired) electrons. The van der Waals surface area contributed by atoms with E-state index >= 15 is 0 Å². The Morgan fingerprint density at radius 1 is 0.886 bits per heavy atom. The van der Waals surface area contributed by atoms with Crippen LogP contribution >= 0.6 is 11.8 Å². The molecule has 4 rings (SSSR count). The number of hydrogen-bond donors (Lipinski definition) is 2. The SMILES string of the molecule is O=C(CSc1nnc(COc2ccccc2F)n1-c1ccccc1)NNC(=O)c1ccc(F)cc1. The summed E-state index contributed by atoms with van der Waals surface area (Å²) in [4.78, 5) is 24.3. The fourth-order valence-corrected chi connectivity index (χ4v) is 3.76. The molecule has 2 N–H and O–H groups in total. The van der Waals surface area contributed by atoms with Gasteiger partial charge in [0.15, 0.2) is 22.5 Å². The van der Waals surface area contributed by atoms with E-state index in [1.165, 1.54) is 24.3 Å². The molecule has 1 heterocycles. The van der Waals surface area contributed by atoms with Crippen LogP contribution in [0.5, 0.6) is 5.75 Å². The summed E-state index contributed by atoms with van der Waals surface area (Å²) in [5, 5.41) is 8.70. The van der Waals surface area contributed by atoms with Crippen molar-refractivity contribution in [2.75, 3.05) is 5.75 Å². The highest BCUT2D eigenvalue weighted by atomic mass is 32.2. The quantitative estimate of drug-likeness (QED) is 0.286. The number of nitrogens with zero attached hydrogens (tertiary/aromatic N) is 3. The number of ether oxygens (including phenoxy) is 1. The number of carbonyl (C=O) groups excluding carboxylic acids is 2. The molecule has 0 aliphatic heterocycles. The molecule has 2 amide bonds. The molecule has 3 aromatic carbocycles. The monoisotopic (exact) mass is 495 g/mol. The van der Waals surface area contributed by atoms with E-state index in [1.807, 2.05) is 30.3 Å². The Labute approximate surface area is 203 Å². The number of benzene rings is 3. The number of thioether (sulfide) groups is 1. The Bertz CT molecular complexity index is 1320. The van der Waals surface area contributed by atoms with E-state index in [9.17, 15) is 18.4 Å². The first-order chi connectivity index (χ1) is 17.0. The van der Waals surface area contributed by atoms with Gasteiger partial charge in [-0.05, 0) is 48.5 Å². The molecule has 35 heavy (non-hydrogen) atoms. The standard InChI is InChI=1S/C24H19F2N5O3S/c25-17-12-10-16(11-13-17)23(33)29-28-22(32)15-35-24-30-27-21(31(24)18-6-2-1-3-7-18)14-34-20-9-5-4-8-19(20)26/h1-13H,14-15H2,(H,28,32)(H,29,33). The molecule has 178 valence electrons. The van der Waals surface area contributed by atoms with Crippen molar-refractivity contribution < 1.29 is 23.1 Å². The van der Waals surface area contributed by atoms with Gasteiger partial charge in [-0.2, -0.15) is 0 Å². The minimum Gasteiger partial charge on any atom is -0.483 e. The van der Waals surface area contributed by atoms with E-state index in [0.29, 0.717) is 11.0 Å². The summed E-state index contributed by atoms with van der Waals surface area (Å²) in [7, 11) is 0. The van der Waals surface area contributed by atoms with E-state index in [0.717, 1.165) is 29.6 Å². The number of hydrogen-bond acceptors (Lipinski definition) is 6. The number of carbonyl (C=O) groups is 2. The lowest BCUT2D eigenvalue weighted by molar-refractivity contribution is -0.119. The zero-order chi connectivity index (χ0) is 24.6. The van der Waals surface area contributed by atoms with Crippen LogP contribution in [0.3, 0.4) is 0 Å². The number of aromatic nitrogens is 3. The Morgan fingerprint density at radius 3 is 2.34 bits per heavy atom. The average Bonchev–Trinajstić information content (AvgIpc) is 3.29. The van der Waals surface area contributed by atoms with Gasteiger partial charge in [-0.15, -0.1) is 10.2 Å². The first kappa shape index (κ1) is 23.9. The summed E-state index contributed by atoms with van der Waals surface area (Å²) in [6.07, 6.45) is 0. The largest absolute Gasteiger partial charge is 0.483 e. The van der Waals surface area contributed by atoms with Gasteiger partial charge in [-0.25, -0.2) is 8.78 Å². The molecule has 4 aromatic rings. The normalized spacial score (nSPS) is 10.6. The molecule has 0 unspecified atom stereocenters. The highest BCUT2D eigenvalue weighted by molar-refractivity contribution is 7.99. The van der Waals surface area contributed by atoms with Crippen molar-refractivity contribution in [3.63, 3.8) is 0 Å². The maximum absolute atomic E-state index is 13.9. The fourth-order valence-electron chi connectivity index (χ4n) is 2.99. The molecule has 0 saturated carbocycles. The van der Waals surface area contributed by atoms with Crippen LogP contribution in [-0.4, -0.2) is 32.3 Å². The molecule has 0 fully saturated rings. The summed E-state index contributed by atoms with van der Waals surface area (Å²) < 4.78 is 34.2. The van der Waals surface area contributed by atoms with Gasteiger partial charge >= 0.3 is 0 Å². The van der Waals surface area contributed by atoms with Gasteiger partial charge in [0.2, 0.25) is 5.91 Å². The summed E-state index contributed by atoms with van der Waals surface area (Å²) in [6.45, 7) is -0.0523. The van der Waals surface area contributed by atoms with Crippen LogP contribution in [0.4, 0.5) is 8.78 Å². The molecule has 11 heteroatoms. The average molecular weight is 496 g/mol. The Kier molecular flexibility index (Phi) is 7.68. The Hall–Kier alpha value is -4.25. The number of amides is 2. The third kappa shape index (κ3) is 6.21. The first-order valence-corrected chi connectivity index (χ1v) is 11.3. The van der Waals surface area contributed by atoms with Crippen LogP contribution in [-0.2, 0) is 11.4 Å². The Balaban J connectivity index is 1.41. The van der Waals surface area contributed by atoms with Crippen LogP contribution in [0.1, 0.15) is 16.2 Å². The predicted molar refractivity (Wildman–Crippen MR) is 125 cm³/mol. The predicted octanol–water partition coefficient (Wildman–Crippen LogP) is 3.68. The van der Waals surface area contributed by atoms with Gasteiger partial charge in [0.1, 0.15) is 12.4 Å². The van der Waals surface area contributed by atoms with E-state index in [2.05, 4.69) is 21.0 Å². The van der Waals surface area contributed by atoms with Crippen LogP contribution in [0.15, 0.2) is 84.0 Å². The summed E-state index contributed by atoms with van der Waals surface area (Å²) in [6, 6.07) is 20.1. The van der Waals surface area contributed by atoms with Crippen molar-refractivity contribution in [3.8, 4) is 11.4 Å². The minimum atomic E-state index is -0.580. The zero-order valence-corrected chi connectivity index (χ0v) is 19.0. The molecule has 0 atom stereocenters. The van der Waals surface area contributed by atoms with Gasteiger partial charge in [0.05, 0.1) is 5.75 Å². The molecule has 0 bridgehead atoms. The Morgan fingerprint density at radius 2 is 1.60 bits per heavy atom. The van der Waals surface area contributed by atoms with Crippen LogP contribution in [0.25, 0.3) is 5.69 Å². The molecule has 0 aliphatic carbocycles. The van der Waals surface area contributed by atoms with Crippen LogP contribution in [0, 0.1) is 11.6 Å². The van der Waals surface area contributed by atoms with Crippen molar-refractivity contribution in [3.05, 3.63) is 102 Å². The minimum absolute atomic E-state index is 0.0523. The summed E-state index contributed by atoms with van der Waals surface area (Å²) in [5.74, 6) is -1.62. The van der Waals surface area contributed by atoms with Gasteiger partial charge in [0, 0.05) is 11.3 Å². The van der Waals surface area contributed by atoms with Gasteiger partial charge < -0.3 is 4.74 Å². The number of halogens is 2. The third-order valence-corrected chi connectivity index (χ3v) is 5.59. The number of para-hydroxylation sites is 2. The molecule has 0 aliphatic rings. The van der Waals surface area contributed by atoms with Gasteiger partial charge in [0.25, 0.3) is 5.91 Å². The molecule has 8 nitrogen and oxygen atoms in total. The van der Waals surface area contributed by atoms with Crippen molar-refractivity contribution in [2.24, 2.45) is 0 Å². The van der Waals surface area contributed by atoms with Gasteiger partial charge in [-0.3, -0.25) is 25.0 Å². The maximum Gasteiger partial charge on any atom is 0.269 e. The van der Waals surface area contributed by atoms with Crippen molar-refractivity contribution in [1.29, 1.82) is 0 Å². The lowest BCUT2D eigenvalue weighted by Crippen LogP contribution is -2.42. The second-order valence-corrected chi connectivity index (χ2v) is 8.03. The molecule has 1 aromatic heterocycles. The highest BCUT2D eigenvalue weighted by Crippen LogP contribution is 2.23. The van der Waals surface area contributed by atoms with E-state index in [4.69, 9.17) is 4.74 Å². The topological polar surface area (TPSA) is 98.1 Å². The number of hydrazine groups is 1. The second kappa shape index (κ2) is 11.3. The second-order valence-electron chi connectivity index (χ2n) is 7.09. The van der Waals surface area contributed by atoms with Crippen molar-refractivity contribution >= 4 is 23.6 Å². The summed E-state index contributed by atoms with van der Waals surface area (Å²) >= 11 is 1.09. The highest BCUT2D eigenvalue weighted by Gasteiger charge is 2.17.